The van der Waals surface area contributed by atoms with E-state index in [2.05, 4.69) is 15.6 Å². The fourth-order valence-electron chi connectivity index (χ4n) is 2.90. The number of nitrogens with two attached hydrogens (primary N) is 1. The second-order valence-electron chi connectivity index (χ2n) is 6.19. The SMILES string of the molecule is Cc1nc(C(=O)Nc2cccc(C3(C)CNCC(N)O3)c2)c(C)o1. The van der Waals surface area contributed by atoms with Crippen molar-refractivity contribution in [1.82, 2.24) is 10.3 Å². The van der Waals surface area contributed by atoms with Crippen molar-refractivity contribution in [3.8, 4) is 0 Å². The number of hydrogen-bond acceptors (Lipinski definition) is 6. The fourth-order valence-corrected chi connectivity index (χ4v) is 2.90. The number of carbonyl (C=O) groups is 1. The van der Waals surface area contributed by atoms with Crippen molar-refractivity contribution in [1.29, 1.82) is 0 Å². The molecule has 1 saturated heterocycles. The Kier molecular flexibility index (Phi) is 4.40. The molecule has 0 spiro atoms. The van der Waals surface area contributed by atoms with E-state index in [0.29, 0.717) is 36.1 Å². The summed E-state index contributed by atoms with van der Waals surface area (Å²) < 4.78 is 11.2. The van der Waals surface area contributed by atoms with Gasteiger partial charge in [-0.15, -0.1) is 0 Å². The van der Waals surface area contributed by atoms with Crippen molar-refractivity contribution >= 4 is 11.6 Å². The average molecular weight is 330 g/mol. The van der Waals surface area contributed by atoms with Crippen molar-refractivity contribution in [2.45, 2.75) is 32.6 Å². The second kappa shape index (κ2) is 6.35. The third-order valence-electron chi connectivity index (χ3n) is 4.07. The van der Waals surface area contributed by atoms with Crippen molar-refractivity contribution in [3.05, 3.63) is 47.2 Å². The van der Waals surface area contributed by atoms with Crippen LogP contribution < -0.4 is 16.4 Å². The molecule has 24 heavy (non-hydrogen) atoms. The molecule has 3 rings (SSSR count). The summed E-state index contributed by atoms with van der Waals surface area (Å²) in [6, 6.07) is 7.55. The molecule has 2 unspecified atom stereocenters. The van der Waals surface area contributed by atoms with Crippen molar-refractivity contribution < 1.29 is 13.9 Å². The molecular weight excluding hydrogens is 308 g/mol. The number of oxazole rings is 1. The first kappa shape index (κ1) is 16.6. The van der Waals surface area contributed by atoms with E-state index in [1.165, 1.54) is 0 Å². The standard InChI is InChI=1S/C17H22N4O3/c1-10-15(20-11(2)23-10)16(22)21-13-6-4-5-12(7-13)17(3)9-19-8-14(18)24-17/h4-7,14,19H,8-9,18H2,1-3H3,(H,21,22). The number of carbonyl (C=O) groups excluding carboxylic acids is 1. The number of benzene rings is 1. The molecule has 1 aromatic heterocycles. The number of aryl methyl sites for hydroxylation is 2. The summed E-state index contributed by atoms with van der Waals surface area (Å²) in [4.78, 5) is 16.5. The Morgan fingerprint density at radius 1 is 1.46 bits per heavy atom. The maximum Gasteiger partial charge on any atom is 0.277 e. The summed E-state index contributed by atoms with van der Waals surface area (Å²) >= 11 is 0. The summed E-state index contributed by atoms with van der Waals surface area (Å²) in [5.41, 5.74) is 7.25. The molecule has 128 valence electrons. The van der Waals surface area contributed by atoms with Gasteiger partial charge >= 0.3 is 0 Å². The van der Waals surface area contributed by atoms with E-state index in [1.54, 1.807) is 13.8 Å². The monoisotopic (exact) mass is 330 g/mol. The summed E-state index contributed by atoms with van der Waals surface area (Å²) in [7, 11) is 0. The van der Waals surface area contributed by atoms with Crippen LogP contribution >= 0.6 is 0 Å². The Labute approximate surface area is 140 Å². The highest BCUT2D eigenvalue weighted by molar-refractivity contribution is 6.03. The maximum atomic E-state index is 12.4. The van der Waals surface area contributed by atoms with Gasteiger partial charge in [-0.1, -0.05) is 12.1 Å². The third-order valence-corrected chi connectivity index (χ3v) is 4.07. The highest BCUT2D eigenvalue weighted by atomic mass is 16.5. The first-order valence-corrected chi connectivity index (χ1v) is 7.87. The lowest BCUT2D eigenvalue weighted by molar-refractivity contribution is -0.107. The van der Waals surface area contributed by atoms with Gasteiger partial charge in [0, 0.05) is 25.7 Å². The zero-order valence-electron chi connectivity index (χ0n) is 14.1. The molecule has 0 radical (unpaired) electrons. The Morgan fingerprint density at radius 2 is 2.25 bits per heavy atom. The molecule has 2 aromatic rings. The van der Waals surface area contributed by atoms with Crippen molar-refractivity contribution in [2.24, 2.45) is 5.73 Å². The molecule has 1 aliphatic heterocycles. The van der Waals surface area contributed by atoms with Gasteiger partial charge in [0.25, 0.3) is 5.91 Å². The molecule has 1 aliphatic rings. The van der Waals surface area contributed by atoms with E-state index in [9.17, 15) is 4.79 Å². The summed E-state index contributed by atoms with van der Waals surface area (Å²) in [6.45, 7) is 6.68. The molecule has 4 N–H and O–H groups in total. The van der Waals surface area contributed by atoms with Gasteiger partial charge < -0.3 is 25.5 Å². The van der Waals surface area contributed by atoms with E-state index in [-0.39, 0.29) is 12.1 Å². The fraction of sp³-hybridized carbons (Fsp3) is 0.412. The maximum absolute atomic E-state index is 12.4. The second-order valence-corrected chi connectivity index (χ2v) is 6.19. The molecule has 0 aliphatic carbocycles. The number of ether oxygens (including phenoxy) is 1. The minimum absolute atomic E-state index is 0.293. The topological polar surface area (TPSA) is 102 Å². The Morgan fingerprint density at radius 3 is 2.92 bits per heavy atom. The highest BCUT2D eigenvalue weighted by Crippen LogP contribution is 2.29. The summed E-state index contributed by atoms with van der Waals surface area (Å²) in [5, 5.41) is 6.11. The average Bonchev–Trinajstić information content (AvgIpc) is 2.86. The van der Waals surface area contributed by atoms with Crippen LogP contribution in [0.15, 0.2) is 28.7 Å². The van der Waals surface area contributed by atoms with Gasteiger partial charge in [0.2, 0.25) is 0 Å². The van der Waals surface area contributed by atoms with Crippen LogP contribution in [0.4, 0.5) is 5.69 Å². The molecule has 0 saturated carbocycles. The number of hydrogen-bond donors (Lipinski definition) is 3. The number of anilines is 1. The first-order valence-electron chi connectivity index (χ1n) is 7.87. The first-order chi connectivity index (χ1) is 11.4. The molecular formula is C17H22N4O3. The third kappa shape index (κ3) is 3.33. The van der Waals surface area contributed by atoms with Crippen LogP contribution in [0.5, 0.6) is 0 Å². The number of nitrogens with zero attached hydrogens (tertiary/aromatic N) is 1. The van der Waals surface area contributed by atoms with E-state index >= 15 is 0 Å². The van der Waals surface area contributed by atoms with Gasteiger partial charge in [-0.05, 0) is 31.5 Å². The minimum atomic E-state index is -0.543. The van der Waals surface area contributed by atoms with Gasteiger partial charge in [0.15, 0.2) is 11.6 Å². The van der Waals surface area contributed by atoms with Gasteiger partial charge in [-0.25, -0.2) is 4.98 Å². The van der Waals surface area contributed by atoms with Crippen LogP contribution in [0.25, 0.3) is 0 Å². The lowest BCUT2D eigenvalue weighted by Gasteiger charge is -2.38. The van der Waals surface area contributed by atoms with E-state index in [0.717, 1.165) is 5.56 Å². The molecule has 7 heteroatoms. The quantitative estimate of drug-likeness (QED) is 0.791. The zero-order valence-corrected chi connectivity index (χ0v) is 14.1. The summed E-state index contributed by atoms with van der Waals surface area (Å²) in [6.07, 6.45) is -0.359. The Balaban J connectivity index is 1.80. The zero-order chi connectivity index (χ0) is 17.3. The predicted octanol–water partition coefficient (Wildman–Crippen LogP) is 1.66. The van der Waals surface area contributed by atoms with Crippen LogP contribution in [0, 0.1) is 13.8 Å². The Hall–Kier alpha value is -2.22. The van der Waals surface area contributed by atoms with Crippen LogP contribution in [0.3, 0.4) is 0 Å². The molecule has 0 bridgehead atoms. The summed E-state index contributed by atoms with van der Waals surface area (Å²) in [5.74, 6) is 0.666. The van der Waals surface area contributed by atoms with Crippen molar-refractivity contribution in [3.63, 3.8) is 0 Å². The lowest BCUT2D eigenvalue weighted by atomic mass is 9.94. The van der Waals surface area contributed by atoms with Crippen LogP contribution in [-0.4, -0.2) is 30.2 Å². The largest absolute Gasteiger partial charge is 0.445 e. The predicted molar refractivity (Wildman–Crippen MR) is 89.7 cm³/mol. The number of nitrogens with one attached hydrogen (secondary N) is 2. The Bertz CT molecular complexity index is 758. The number of aromatic nitrogens is 1. The van der Waals surface area contributed by atoms with Gasteiger partial charge in [0.1, 0.15) is 17.6 Å². The van der Waals surface area contributed by atoms with E-state index < -0.39 is 5.60 Å². The molecule has 2 heterocycles. The molecule has 1 amide bonds. The molecule has 1 fully saturated rings. The lowest BCUT2D eigenvalue weighted by Crippen LogP contribution is -2.53. The van der Waals surface area contributed by atoms with Gasteiger partial charge in [-0.2, -0.15) is 0 Å². The molecule has 7 nitrogen and oxygen atoms in total. The van der Waals surface area contributed by atoms with Crippen LogP contribution in [0.1, 0.15) is 34.6 Å². The van der Waals surface area contributed by atoms with Gasteiger partial charge in [0.05, 0.1) is 0 Å². The normalized spacial score (nSPS) is 23.9. The smallest absolute Gasteiger partial charge is 0.277 e. The minimum Gasteiger partial charge on any atom is -0.445 e. The van der Waals surface area contributed by atoms with E-state index in [1.807, 2.05) is 31.2 Å². The highest BCUT2D eigenvalue weighted by Gasteiger charge is 2.33. The number of morpholine rings is 1. The molecule has 1 aromatic carbocycles. The van der Waals surface area contributed by atoms with Crippen molar-refractivity contribution in [2.75, 3.05) is 18.4 Å². The van der Waals surface area contributed by atoms with E-state index in [4.69, 9.17) is 14.9 Å². The van der Waals surface area contributed by atoms with Gasteiger partial charge in [-0.3, -0.25) is 4.79 Å². The van der Waals surface area contributed by atoms with Crippen LogP contribution in [-0.2, 0) is 10.3 Å². The molecule has 2 atom stereocenters. The number of rotatable bonds is 3. The number of amides is 1. The van der Waals surface area contributed by atoms with Crippen LogP contribution in [0.2, 0.25) is 0 Å².